The minimum absolute atomic E-state index is 0.258. The first-order valence-corrected chi connectivity index (χ1v) is 4.82. The summed E-state index contributed by atoms with van der Waals surface area (Å²) in [5.74, 6) is 5.90. The third-order valence-electron chi connectivity index (χ3n) is 1.51. The summed E-state index contributed by atoms with van der Waals surface area (Å²) >= 11 is 0. The Morgan fingerprint density at radius 3 is 2.33 bits per heavy atom. The van der Waals surface area contributed by atoms with Crippen LogP contribution in [0.15, 0.2) is 29.1 Å². The zero-order valence-corrected chi connectivity index (χ0v) is 9.32. The maximum Gasteiger partial charge on any atom is 0.273 e. The highest BCUT2D eigenvalue weighted by molar-refractivity contribution is 5.91. The molecule has 0 amide bonds. The van der Waals surface area contributed by atoms with Gasteiger partial charge in [-0.1, -0.05) is 6.58 Å². The van der Waals surface area contributed by atoms with Crippen LogP contribution in [0.4, 0.5) is 0 Å². The maximum absolute atomic E-state index is 5.42. The second-order valence-corrected chi connectivity index (χ2v) is 2.67. The number of hydrazone groups is 1. The van der Waals surface area contributed by atoms with E-state index in [1.807, 2.05) is 13.8 Å². The van der Waals surface area contributed by atoms with Crippen molar-refractivity contribution in [3.63, 3.8) is 0 Å². The van der Waals surface area contributed by atoms with Crippen LogP contribution >= 0.6 is 0 Å². The average Bonchev–Trinajstić information content (AvgIpc) is 2.25. The molecule has 86 valence electrons. The molecule has 0 spiro atoms. The van der Waals surface area contributed by atoms with Crippen LogP contribution in [0.25, 0.3) is 0 Å². The molecule has 0 aromatic carbocycles. The first-order chi connectivity index (χ1) is 7.19. The fourth-order valence-electron chi connectivity index (χ4n) is 0.874. The highest BCUT2D eigenvalue weighted by atomic mass is 16.5. The molecule has 0 aliphatic heterocycles. The van der Waals surface area contributed by atoms with Crippen LogP contribution in [0.1, 0.15) is 13.8 Å². The van der Waals surface area contributed by atoms with Crippen molar-refractivity contribution in [2.45, 2.75) is 13.8 Å². The lowest BCUT2D eigenvalue weighted by Gasteiger charge is -2.11. The number of nitrogens with two attached hydrogens (primary N) is 2. The van der Waals surface area contributed by atoms with Crippen LogP contribution < -0.4 is 11.6 Å². The quantitative estimate of drug-likeness (QED) is 0.170. The van der Waals surface area contributed by atoms with Crippen molar-refractivity contribution in [2.24, 2.45) is 16.7 Å². The van der Waals surface area contributed by atoms with Crippen molar-refractivity contribution >= 4 is 5.90 Å². The minimum Gasteiger partial charge on any atom is -0.488 e. The molecule has 0 fully saturated rings. The van der Waals surface area contributed by atoms with Crippen LogP contribution in [-0.2, 0) is 9.47 Å². The summed E-state index contributed by atoms with van der Waals surface area (Å²) in [7, 11) is 0. The lowest BCUT2D eigenvalue weighted by Crippen LogP contribution is -2.14. The molecule has 15 heavy (non-hydrogen) atoms. The summed E-state index contributed by atoms with van der Waals surface area (Å²) < 4.78 is 10.5. The van der Waals surface area contributed by atoms with Gasteiger partial charge in [0.25, 0.3) is 5.90 Å². The molecule has 0 unspecified atom stereocenters. The molecule has 5 heteroatoms. The van der Waals surface area contributed by atoms with E-state index < -0.39 is 0 Å². The monoisotopic (exact) mass is 213 g/mol. The molecule has 0 aliphatic carbocycles. The summed E-state index contributed by atoms with van der Waals surface area (Å²) in [6.07, 6.45) is 1.67. The normalized spacial score (nSPS) is 12.5. The lowest BCUT2D eigenvalue weighted by molar-refractivity contribution is 0.222. The third kappa shape index (κ3) is 5.07. The van der Waals surface area contributed by atoms with Gasteiger partial charge in [0.2, 0.25) is 0 Å². The molecule has 4 N–H and O–H groups in total. The van der Waals surface area contributed by atoms with Gasteiger partial charge in [-0.05, 0) is 25.5 Å². The number of hydrogen-bond donors (Lipinski definition) is 2. The molecular weight excluding hydrogens is 194 g/mol. The van der Waals surface area contributed by atoms with E-state index in [0.717, 1.165) is 5.57 Å². The lowest BCUT2D eigenvalue weighted by atomic mass is 10.2. The van der Waals surface area contributed by atoms with E-state index in [0.29, 0.717) is 25.5 Å². The highest BCUT2D eigenvalue weighted by Gasteiger charge is 2.09. The van der Waals surface area contributed by atoms with Crippen molar-refractivity contribution in [1.82, 2.24) is 0 Å². The molecule has 0 radical (unpaired) electrons. The van der Waals surface area contributed by atoms with E-state index in [9.17, 15) is 0 Å². The number of ether oxygens (including phenoxy) is 2. The Morgan fingerprint density at radius 2 is 1.93 bits per heavy atom. The molecule has 0 bridgehead atoms. The van der Waals surface area contributed by atoms with E-state index >= 15 is 0 Å². The van der Waals surface area contributed by atoms with Gasteiger partial charge in [0.1, 0.15) is 0 Å². The van der Waals surface area contributed by atoms with Gasteiger partial charge in [-0.2, -0.15) is 0 Å². The van der Waals surface area contributed by atoms with Crippen molar-refractivity contribution in [3.05, 3.63) is 24.0 Å². The van der Waals surface area contributed by atoms with Crippen molar-refractivity contribution < 1.29 is 9.47 Å². The number of nitrogens with zero attached hydrogens (tertiary/aromatic N) is 1. The Kier molecular flexibility index (Phi) is 7.09. The van der Waals surface area contributed by atoms with Crippen LogP contribution in [0.5, 0.6) is 0 Å². The Morgan fingerprint density at radius 1 is 1.33 bits per heavy atom. The standard InChI is InChI=1S/C10H19N3O2/c1-4-14-9(6-8(3)7-11)10(13-12)15-5-2/h6H,3-5,7,11-12H2,1-2H3/b9-6+,13-10+. The minimum atomic E-state index is 0.258. The zero-order valence-electron chi connectivity index (χ0n) is 9.32. The smallest absolute Gasteiger partial charge is 0.273 e. The van der Waals surface area contributed by atoms with Gasteiger partial charge in [0, 0.05) is 6.54 Å². The Balaban J connectivity index is 4.77. The Bertz CT molecular complexity index is 259. The summed E-state index contributed by atoms with van der Waals surface area (Å²) in [6, 6.07) is 0. The average molecular weight is 213 g/mol. The van der Waals surface area contributed by atoms with Gasteiger partial charge in [-0.3, -0.25) is 0 Å². The summed E-state index contributed by atoms with van der Waals surface area (Å²) in [6.45, 7) is 8.75. The van der Waals surface area contributed by atoms with E-state index in [2.05, 4.69) is 11.7 Å². The molecule has 0 saturated heterocycles. The molecule has 0 aromatic heterocycles. The van der Waals surface area contributed by atoms with E-state index in [4.69, 9.17) is 21.1 Å². The maximum atomic E-state index is 5.42. The summed E-state index contributed by atoms with van der Waals surface area (Å²) in [5.41, 5.74) is 6.14. The van der Waals surface area contributed by atoms with Gasteiger partial charge in [-0.25, -0.2) is 0 Å². The highest BCUT2D eigenvalue weighted by Crippen LogP contribution is 2.06. The third-order valence-corrected chi connectivity index (χ3v) is 1.51. The summed E-state index contributed by atoms with van der Waals surface area (Å²) in [4.78, 5) is 0. The second kappa shape index (κ2) is 7.87. The first kappa shape index (κ1) is 13.5. The van der Waals surface area contributed by atoms with Crippen molar-refractivity contribution in [1.29, 1.82) is 0 Å². The van der Waals surface area contributed by atoms with Gasteiger partial charge in [0.15, 0.2) is 5.76 Å². The summed E-state index contributed by atoms with van der Waals surface area (Å²) in [5, 5.41) is 3.50. The fourth-order valence-corrected chi connectivity index (χ4v) is 0.874. The van der Waals surface area contributed by atoms with Crippen LogP contribution in [-0.4, -0.2) is 25.7 Å². The van der Waals surface area contributed by atoms with Crippen molar-refractivity contribution in [3.8, 4) is 0 Å². The van der Waals surface area contributed by atoms with E-state index in [1.54, 1.807) is 6.08 Å². The second-order valence-electron chi connectivity index (χ2n) is 2.67. The zero-order chi connectivity index (χ0) is 11.7. The molecule has 0 aromatic rings. The number of hydrogen-bond acceptors (Lipinski definition) is 5. The first-order valence-electron chi connectivity index (χ1n) is 4.82. The predicted octanol–water partition coefficient (Wildman–Crippen LogP) is 0.730. The molecule has 0 atom stereocenters. The van der Waals surface area contributed by atoms with Crippen LogP contribution in [0.2, 0.25) is 0 Å². The van der Waals surface area contributed by atoms with Gasteiger partial charge in [0.05, 0.1) is 13.2 Å². The van der Waals surface area contributed by atoms with Gasteiger partial charge in [-0.15, -0.1) is 5.10 Å². The molecule has 0 heterocycles. The van der Waals surface area contributed by atoms with Crippen LogP contribution in [0.3, 0.4) is 0 Å². The molecule has 0 aliphatic rings. The molecule has 0 rings (SSSR count). The predicted molar refractivity (Wildman–Crippen MR) is 61.2 cm³/mol. The fraction of sp³-hybridized carbons (Fsp3) is 0.500. The molecule has 5 nitrogen and oxygen atoms in total. The van der Waals surface area contributed by atoms with Gasteiger partial charge >= 0.3 is 0 Å². The molecule has 0 saturated carbocycles. The Labute approximate surface area is 90.4 Å². The Hall–Kier alpha value is -1.49. The van der Waals surface area contributed by atoms with E-state index in [-0.39, 0.29) is 5.90 Å². The van der Waals surface area contributed by atoms with E-state index in [1.165, 1.54) is 0 Å². The van der Waals surface area contributed by atoms with Crippen molar-refractivity contribution in [2.75, 3.05) is 19.8 Å². The SMILES string of the molecule is C=C(/C=C(OCC)\C(=N/N)OCC)CN. The van der Waals surface area contributed by atoms with Gasteiger partial charge < -0.3 is 21.1 Å². The van der Waals surface area contributed by atoms with Crippen LogP contribution in [0, 0.1) is 0 Å². The topological polar surface area (TPSA) is 82.9 Å². The largest absolute Gasteiger partial charge is 0.488 e. The molecular formula is C10H19N3O2. The number of rotatable bonds is 6.